The molecule has 3 rings (SSSR count). The molecule has 0 saturated heterocycles. The highest BCUT2D eigenvalue weighted by molar-refractivity contribution is 5.79. The first-order chi connectivity index (χ1) is 11.8. The summed E-state index contributed by atoms with van der Waals surface area (Å²) >= 11 is 0. The summed E-state index contributed by atoms with van der Waals surface area (Å²) in [6.07, 6.45) is 2.20. The average molecular weight is 317 g/mol. The summed E-state index contributed by atoms with van der Waals surface area (Å²) in [7, 11) is 0. The maximum atomic E-state index is 12.9. The Bertz CT molecular complexity index is 736. The van der Waals surface area contributed by atoms with Gasteiger partial charge in [-0.15, -0.1) is 0 Å². The minimum Gasteiger partial charge on any atom is -0.309 e. The zero-order valence-corrected chi connectivity index (χ0v) is 13.5. The van der Waals surface area contributed by atoms with E-state index in [1.54, 1.807) is 12.1 Å². The summed E-state index contributed by atoms with van der Waals surface area (Å²) in [5.41, 5.74) is 4.69. The first kappa shape index (κ1) is 16.2. The van der Waals surface area contributed by atoms with Crippen LogP contribution in [0.1, 0.15) is 16.7 Å². The van der Waals surface area contributed by atoms with Crippen LogP contribution < -0.4 is 5.32 Å². The van der Waals surface area contributed by atoms with Gasteiger partial charge in [-0.25, -0.2) is 4.39 Å². The van der Waals surface area contributed by atoms with Crippen LogP contribution in [0.15, 0.2) is 91.0 Å². The highest BCUT2D eigenvalue weighted by atomic mass is 19.1. The Morgan fingerprint density at radius 1 is 0.750 bits per heavy atom. The standard InChI is InChI=1S/C22H20FN/c23-21-13-11-18(12-14-21)17-24-16-15-22(19-7-3-1-4-8-19)20-9-5-2-6-10-20/h1-15,24H,16-17H2. The van der Waals surface area contributed by atoms with Crippen molar-refractivity contribution in [2.24, 2.45) is 0 Å². The van der Waals surface area contributed by atoms with Gasteiger partial charge in [-0.3, -0.25) is 0 Å². The molecule has 0 aromatic heterocycles. The molecule has 3 aromatic rings. The van der Waals surface area contributed by atoms with E-state index in [0.717, 1.165) is 12.1 Å². The average Bonchev–Trinajstić information content (AvgIpc) is 2.65. The molecule has 0 radical (unpaired) electrons. The van der Waals surface area contributed by atoms with Crippen molar-refractivity contribution >= 4 is 5.57 Å². The Morgan fingerprint density at radius 3 is 1.83 bits per heavy atom. The predicted octanol–water partition coefficient (Wildman–Crippen LogP) is 5.05. The van der Waals surface area contributed by atoms with Gasteiger partial charge in [0.25, 0.3) is 0 Å². The van der Waals surface area contributed by atoms with Gasteiger partial charge in [-0.2, -0.15) is 0 Å². The van der Waals surface area contributed by atoms with Crippen LogP contribution >= 0.6 is 0 Å². The normalized spacial score (nSPS) is 10.4. The van der Waals surface area contributed by atoms with Gasteiger partial charge in [-0.05, 0) is 34.4 Å². The summed E-state index contributed by atoms with van der Waals surface area (Å²) < 4.78 is 12.9. The van der Waals surface area contributed by atoms with Crippen molar-refractivity contribution in [2.75, 3.05) is 6.54 Å². The summed E-state index contributed by atoms with van der Waals surface area (Å²) in [5, 5.41) is 3.39. The van der Waals surface area contributed by atoms with Gasteiger partial charge in [0.1, 0.15) is 5.82 Å². The second-order valence-electron chi connectivity index (χ2n) is 5.61. The second-order valence-corrected chi connectivity index (χ2v) is 5.61. The van der Waals surface area contributed by atoms with Crippen molar-refractivity contribution < 1.29 is 4.39 Å². The van der Waals surface area contributed by atoms with Gasteiger partial charge >= 0.3 is 0 Å². The molecule has 3 aromatic carbocycles. The molecule has 24 heavy (non-hydrogen) atoms. The van der Waals surface area contributed by atoms with E-state index in [2.05, 4.69) is 59.9 Å². The van der Waals surface area contributed by atoms with E-state index in [-0.39, 0.29) is 5.82 Å². The Morgan fingerprint density at radius 2 is 1.29 bits per heavy atom. The molecule has 0 heterocycles. The maximum absolute atomic E-state index is 12.9. The zero-order valence-electron chi connectivity index (χ0n) is 13.5. The molecule has 1 N–H and O–H groups in total. The monoisotopic (exact) mass is 317 g/mol. The molecule has 0 amide bonds. The minimum atomic E-state index is -0.200. The van der Waals surface area contributed by atoms with E-state index in [9.17, 15) is 4.39 Å². The highest BCUT2D eigenvalue weighted by Gasteiger charge is 2.03. The largest absolute Gasteiger partial charge is 0.309 e. The van der Waals surface area contributed by atoms with Gasteiger partial charge in [0.05, 0.1) is 0 Å². The smallest absolute Gasteiger partial charge is 0.123 e. The molecule has 0 saturated carbocycles. The van der Waals surface area contributed by atoms with Crippen LogP contribution in [0.25, 0.3) is 5.57 Å². The molecule has 0 unspecified atom stereocenters. The van der Waals surface area contributed by atoms with Gasteiger partial charge < -0.3 is 5.32 Å². The molecule has 0 aliphatic carbocycles. The number of halogens is 1. The van der Waals surface area contributed by atoms with Gasteiger partial charge in [0.2, 0.25) is 0 Å². The summed E-state index contributed by atoms with van der Waals surface area (Å²) in [6, 6.07) is 27.4. The Labute approximate surface area is 142 Å². The van der Waals surface area contributed by atoms with Crippen LogP contribution in [0.3, 0.4) is 0 Å². The molecular formula is C22H20FN. The van der Waals surface area contributed by atoms with E-state index in [4.69, 9.17) is 0 Å². The molecule has 2 heteroatoms. The minimum absolute atomic E-state index is 0.200. The lowest BCUT2D eigenvalue weighted by Crippen LogP contribution is -2.13. The van der Waals surface area contributed by atoms with Crippen molar-refractivity contribution in [3.05, 3.63) is 114 Å². The van der Waals surface area contributed by atoms with E-state index in [1.807, 2.05) is 12.1 Å². The number of hydrogen-bond acceptors (Lipinski definition) is 1. The Balaban J connectivity index is 1.71. The molecule has 0 atom stereocenters. The van der Waals surface area contributed by atoms with Crippen molar-refractivity contribution in [2.45, 2.75) is 6.54 Å². The molecule has 0 fully saturated rings. The third-order valence-electron chi connectivity index (χ3n) is 3.86. The second kappa shape index (κ2) is 8.23. The third kappa shape index (κ3) is 4.40. The molecule has 120 valence electrons. The Hall–Kier alpha value is -2.71. The Kier molecular flexibility index (Phi) is 5.54. The van der Waals surface area contributed by atoms with Crippen LogP contribution in [-0.2, 0) is 6.54 Å². The number of nitrogens with one attached hydrogen (secondary N) is 1. The summed E-state index contributed by atoms with van der Waals surface area (Å²) in [4.78, 5) is 0. The molecule has 0 spiro atoms. The van der Waals surface area contributed by atoms with E-state index in [1.165, 1.54) is 28.8 Å². The van der Waals surface area contributed by atoms with Crippen LogP contribution in [0.5, 0.6) is 0 Å². The molecule has 0 aliphatic heterocycles. The molecule has 0 bridgehead atoms. The van der Waals surface area contributed by atoms with Crippen LogP contribution in [-0.4, -0.2) is 6.54 Å². The van der Waals surface area contributed by atoms with Gasteiger partial charge in [-0.1, -0.05) is 78.9 Å². The fraction of sp³-hybridized carbons (Fsp3) is 0.0909. The third-order valence-corrected chi connectivity index (χ3v) is 3.86. The van der Waals surface area contributed by atoms with Crippen molar-refractivity contribution in [3.8, 4) is 0 Å². The summed E-state index contributed by atoms with van der Waals surface area (Å²) in [6.45, 7) is 1.46. The van der Waals surface area contributed by atoms with Gasteiger partial charge in [0, 0.05) is 13.1 Å². The fourth-order valence-corrected chi connectivity index (χ4v) is 2.63. The number of benzene rings is 3. The predicted molar refractivity (Wildman–Crippen MR) is 98.1 cm³/mol. The van der Waals surface area contributed by atoms with Crippen LogP contribution in [0.2, 0.25) is 0 Å². The van der Waals surface area contributed by atoms with Crippen molar-refractivity contribution in [3.63, 3.8) is 0 Å². The van der Waals surface area contributed by atoms with Crippen LogP contribution in [0, 0.1) is 5.82 Å². The van der Waals surface area contributed by atoms with E-state index >= 15 is 0 Å². The van der Waals surface area contributed by atoms with Crippen molar-refractivity contribution in [1.82, 2.24) is 5.32 Å². The van der Waals surface area contributed by atoms with E-state index in [0.29, 0.717) is 6.54 Å². The highest BCUT2D eigenvalue weighted by Crippen LogP contribution is 2.22. The first-order valence-corrected chi connectivity index (χ1v) is 8.09. The lowest BCUT2D eigenvalue weighted by atomic mass is 9.97. The molecule has 1 nitrogen and oxygen atoms in total. The molecule has 0 aliphatic rings. The lowest BCUT2D eigenvalue weighted by Gasteiger charge is -2.09. The van der Waals surface area contributed by atoms with E-state index < -0.39 is 0 Å². The number of rotatable bonds is 6. The van der Waals surface area contributed by atoms with Crippen LogP contribution in [0.4, 0.5) is 4.39 Å². The lowest BCUT2D eigenvalue weighted by molar-refractivity contribution is 0.626. The quantitative estimate of drug-likeness (QED) is 0.628. The SMILES string of the molecule is Fc1ccc(CNCC=C(c2ccccc2)c2ccccc2)cc1. The topological polar surface area (TPSA) is 12.0 Å². The molecular weight excluding hydrogens is 297 g/mol. The van der Waals surface area contributed by atoms with Crippen molar-refractivity contribution in [1.29, 1.82) is 0 Å². The fourth-order valence-electron chi connectivity index (χ4n) is 2.63. The van der Waals surface area contributed by atoms with Gasteiger partial charge in [0.15, 0.2) is 0 Å². The zero-order chi connectivity index (χ0) is 16.6. The number of hydrogen-bond donors (Lipinski definition) is 1. The first-order valence-electron chi connectivity index (χ1n) is 8.09. The summed E-state index contributed by atoms with van der Waals surface area (Å²) in [5.74, 6) is -0.200. The maximum Gasteiger partial charge on any atom is 0.123 e.